The average molecular weight is 421 g/mol. The van der Waals surface area contributed by atoms with Crippen LogP contribution in [0.3, 0.4) is 0 Å². The van der Waals surface area contributed by atoms with Gasteiger partial charge >= 0.3 is 0 Å². The van der Waals surface area contributed by atoms with Crippen LogP contribution in [-0.4, -0.2) is 34.1 Å². The van der Waals surface area contributed by atoms with Gasteiger partial charge in [-0.05, 0) is 64.3 Å². The van der Waals surface area contributed by atoms with Crippen molar-refractivity contribution < 1.29 is 9.32 Å². The van der Waals surface area contributed by atoms with Crippen LogP contribution in [0.4, 0.5) is 23.0 Å². The summed E-state index contributed by atoms with van der Waals surface area (Å²) in [5, 5.41) is 10.2. The number of nitrogens with zero attached hydrogens (tertiary/aromatic N) is 4. The minimum atomic E-state index is -0.233. The number of carbonyl (C=O) groups excluding carboxylic acids is 1. The van der Waals surface area contributed by atoms with E-state index in [4.69, 9.17) is 4.52 Å². The van der Waals surface area contributed by atoms with Gasteiger partial charge in [0.2, 0.25) is 0 Å². The van der Waals surface area contributed by atoms with Crippen LogP contribution in [0.2, 0.25) is 0 Å². The van der Waals surface area contributed by atoms with Crippen molar-refractivity contribution in [3.8, 4) is 0 Å². The number of carbonyl (C=O) groups is 1. The monoisotopic (exact) mass is 420 g/mol. The number of amides is 1. The Morgan fingerprint density at radius 2 is 1.77 bits per heavy atom. The van der Waals surface area contributed by atoms with Gasteiger partial charge in [0.1, 0.15) is 23.2 Å². The molecule has 2 heterocycles. The summed E-state index contributed by atoms with van der Waals surface area (Å²) in [6.07, 6.45) is 3.85. The highest BCUT2D eigenvalue weighted by Crippen LogP contribution is 2.25. The van der Waals surface area contributed by atoms with Crippen molar-refractivity contribution in [1.29, 1.82) is 0 Å². The van der Waals surface area contributed by atoms with Crippen molar-refractivity contribution in [2.45, 2.75) is 46.5 Å². The number of benzene rings is 1. The third-order valence-electron chi connectivity index (χ3n) is 5.49. The number of nitrogens with one attached hydrogen (secondary N) is 2. The molecule has 8 heteroatoms. The summed E-state index contributed by atoms with van der Waals surface area (Å²) in [7, 11) is 0. The molecule has 0 saturated heterocycles. The van der Waals surface area contributed by atoms with E-state index in [0.717, 1.165) is 67.4 Å². The zero-order chi connectivity index (χ0) is 21.8. The minimum Gasteiger partial charge on any atom is -0.360 e. The van der Waals surface area contributed by atoms with E-state index in [0.29, 0.717) is 17.2 Å². The zero-order valence-electron chi connectivity index (χ0n) is 18.2. The zero-order valence-corrected chi connectivity index (χ0v) is 18.2. The summed E-state index contributed by atoms with van der Waals surface area (Å²) in [6, 6.07) is 9.46. The molecule has 1 amide bonds. The molecule has 162 valence electrons. The van der Waals surface area contributed by atoms with E-state index in [-0.39, 0.29) is 5.91 Å². The maximum Gasteiger partial charge on any atom is 0.278 e. The molecule has 0 radical (unpaired) electrons. The van der Waals surface area contributed by atoms with Crippen LogP contribution in [0.15, 0.2) is 34.9 Å². The lowest BCUT2D eigenvalue weighted by Crippen LogP contribution is -2.23. The van der Waals surface area contributed by atoms with Gasteiger partial charge in [-0.25, -0.2) is 9.97 Å². The smallest absolute Gasteiger partial charge is 0.278 e. The second-order valence-corrected chi connectivity index (χ2v) is 7.63. The molecule has 0 unspecified atom stereocenters. The first-order chi connectivity index (χ1) is 15.1. The number of aryl methyl sites for hydroxylation is 2. The molecular weight excluding hydrogens is 392 g/mol. The van der Waals surface area contributed by atoms with Gasteiger partial charge < -0.3 is 20.1 Å². The fourth-order valence-corrected chi connectivity index (χ4v) is 3.86. The molecule has 31 heavy (non-hydrogen) atoms. The predicted octanol–water partition coefficient (Wildman–Crippen LogP) is 4.49. The van der Waals surface area contributed by atoms with Gasteiger partial charge in [-0.2, -0.15) is 0 Å². The first kappa shape index (κ1) is 20.8. The van der Waals surface area contributed by atoms with Crippen molar-refractivity contribution in [2.24, 2.45) is 0 Å². The maximum atomic E-state index is 12.6. The maximum absolute atomic E-state index is 12.6. The molecule has 4 rings (SSSR count). The summed E-state index contributed by atoms with van der Waals surface area (Å²) in [4.78, 5) is 23.9. The summed E-state index contributed by atoms with van der Waals surface area (Å²) < 4.78 is 5.35. The van der Waals surface area contributed by atoms with Crippen LogP contribution < -0.4 is 15.5 Å². The molecule has 8 nitrogen and oxygen atoms in total. The van der Waals surface area contributed by atoms with Gasteiger partial charge in [-0.1, -0.05) is 5.16 Å². The highest BCUT2D eigenvalue weighted by atomic mass is 16.5. The lowest BCUT2D eigenvalue weighted by Gasteiger charge is -2.20. The fourth-order valence-electron chi connectivity index (χ4n) is 3.86. The highest BCUT2D eigenvalue weighted by molar-refractivity contribution is 6.04. The third kappa shape index (κ3) is 4.68. The lowest BCUT2D eigenvalue weighted by atomic mass is 9.96. The Hall–Kier alpha value is -3.42. The average Bonchev–Trinajstić information content (AvgIpc) is 3.20. The molecule has 0 spiro atoms. The standard InChI is InChI=1S/C23H28N6O2/c1-4-29(5-2)21-14-20(24-15(3)25-21)26-16-10-12-17(13-11-16)27-23(30)22-18-8-6-7-9-19(18)31-28-22/h10-14H,4-9H2,1-3H3,(H,27,30)(H,24,25,26). The van der Waals surface area contributed by atoms with Crippen LogP contribution in [0.25, 0.3) is 0 Å². The first-order valence-corrected chi connectivity index (χ1v) is 10.8. The van der Waals surface area contributed by atoms with Crippen molar-refractivity contribution in [1.82, 2.24) is 15.1 Å². The molecule has 0 fully saturated rings. The second-order valence-electron chi connectivity index (χ2n) is 7.63. The van der Waals surface area contributed by atoms with Crippen LogP contribution >= 0.6 is 0 Å². The van der Waals surface area contributed by atoms with E-state index >= 15 is 0 Å². The highest BCUT2D eigenvalue weighted by Gasteiger charge is 2.24. The normalized spacial score (nSPS) is 12.9. The first-order valence-electron chi connectivity index (χ1n) is 10.8. The van der Waals surface area contributed by atoms with Crippen LogP contribution in [0, 0.1) is 6.92 Å². The van der Waals surface area contributed by atoms with Crippen molar-refractivity contribution in [3.05, 3.63) is 53.2 Å². The fraction of sp³-hybridized carbons (Fsp3) is 0.391. The summed E-state index contributed by atoms with van der Waals surface area (Å²) in [5.41, 5.74) is 2.92. The Morgan fingerprint density at radius 1 is 1.06 bits per heavy atom. The molecule has 0 bridgehead atoms. The molecule has 1 aliphatic rings. The number of aromatic nitrogens is 3. The number of rotatable bonds is 7. The molecule has 1 aliphatic carbocycles. The number of hydrogen-bond donors (Lipinski definition) is 2. The molecule has 0 atom stereocenters. The van der Waals surface area contributed by atoms with E-state index in [2.05, 4.69) is 44.5 Å². The van der Waals surface area contributed by atoms with Gasteiger partial charge in [0, 0.05) is 42.5 Å². The number of hydrogen-bond acceptors (Lipinski definition) is 7. The SMILES string of the molecule is CCN(CC)c1cc(Nc2ccc(NC(=O)c3noc4c3CCCC4)cc2)nc(C)n1. The number of anilines is 4. The Bertz CT molecular complexity index is 1060. The van der Waals surface area contributed by atoms with Gasteiger partial charge in [0.05, 0.1) is 0 Å². The van der Waals surface area contributed by atoms with E-state index in [1.807, 2.05) is 37.3 Å². The Labute approximate surface area is 182 Å². The minimum absolute atomic E-state index is 0.233. The van der Waals surface area contributed by atoms with Crippen LogP contribution in [0.5, 0.6) is 0 Å². The molecule has 1 aromatic carbocycles. The molecular formula is C23H28N6O2. The van der Waals surface area contributed by atoms with E-state index in [1.54, 1.807) is 0 Å². The van der Waals surface area contributed by atoms with Crippen molar-refractivity contribution in [2.75, 3.05) is 28.6 Å². The summed E-state index contributed by atoms with van der Waals surface area (Å²) in [6.45, 7) is 7.87. The summed E-state index contributed by atoms with van der Waals surface area (Å²) >= 11 is 0. The van der Waals surface area contributed by atoms with Gasteiger partial charge in [-0.3, -0.25) is 4.79 Å². The molecule has 0 saturated carbocycles. The van der Waals surface area contributed by atoms with E-state index in [9.17, 15) is 4.79 Å². The largest absolute Gasteiger partial charge is 0.360 e. The van der Waals surface area contributed by atoms with Crippen molar-refractivity contribution >= 4 is 28.9 Å². The lowest BCUT2D eigenvalue weighted by molar-refractivity contribution is 0.101. The second kappa shape index (κ2) is 9.16. The molecule has 0 aliphatic heterocycles. The quantitative estimate of drug-likeness (QED) is 0.581. The Kier molecular flexibility index (Phi) is 6.16. The van der Waals surface area contributed by atoms with Gasteiger partial charge in [0.15, 0.2) is 5.69 Å². The molecule has 2 N–H and O–H groups in total. The van der Waals surface area contributed by atoms with E-state index < -0.39 is 0 Å². The molecule has 3 aromatic rings. The topological polar surface area (TPSA) is 96.2 Å². The summed E-state index contributed by atoms with van der Waals surface area (Å²) in [5.74, 6) is 2.97. The number of fused-ring (bicyclic) bond motifs is 1. The van der Waals surface area contributed by atoms with Crippen LogP contribution in [0.1, 0.15) is 54.3 Å². The van der Waals surface area contributed by atoms with Gasteiger partial charge in [-0.15, -0.1) is 0 Å². The van der Waals surface area contributed by atoms with Crippen LogP contribution in [-0.2, 0) is 12.8 Å². The predicted molar refractivity (Wildman–Crippen MR) is 121 cm³/mol. The van der Waals surface area contributed by atoms with Crippen molar-refractivity contribution in [3.63, 3.8) is 0 Å². The van der Waals surface area contributed by atoms with Gasteiger partial charge in [0.25, 0.3) is 5.91 Å². The third-order valence-corrected chi connectivity index (χ3v) is 5.49. The Balaban J connectivity index is 1.44. The van der Waals surface area contributed by atoms with E-state index in [1.165, 1.54) is 0 Å². The Morgan fingerprint density at radius 3 is 2.52 bits per heavy atom. The molecule has 2 aromatic heterocycles.